The number of carbonyl (C=O) groups excluding carboxylic acids is 1. The molecule has 2 saturated carbocycles. The Kier molecular flexibility index (Phi) is 4.13. The molecule has 7 nitrogen and oxygen atoms in total. The summed E-state index contributed by atoms with van der Waals surface area (Å²) in [6.07, 6.45) is 8.11. The Morgan fingerprint density at radius 1 is 1.55 bits per heavy atom. The highest BCUT2D eigenvalue weighted by atomic mass is 16.6. The zero-order valence-electron chi connectivity index (χ0n) is 12.8. The van der Waals surface area contributed by atoms with E-state index in [-0.39, 0.29) is 17.6 Å². The Morgan fingerprint density at radius 2 is 2.36 bits per heavy atom. The molecule has 4 atom stereocenters. The van der Waals surface area contributed by atoms with Crippen molar-refractivity contribution in [1.82, 2.24) is 15.1 Å². The average molecular weight is 306 g/mol. The van der Waals surface area contributed by atoms with Crippen molar-refractivity contribution in [1.29, 1.82) is 0 Å². The standard InChI is InChI=1S/C15H22N4O3/c1-10(14-7-11-2-3-12(14)6-11)17-15(20)4-5-18-9-13(8-16-18)19(21)22/h8-12,14H,2-7H2,1H3,(H,17,20)/t10-,11+,12+,14-/m0/s1. The van der Waals surface area contributed by atoms with Crippen LogP contribution in [0.1, 0.15) is 39.0 Å². The molecule has 2 aliphatic carbocycles. The Labute approximate surface area is 129 Å². The summed E-state index contributed by atoms with van der Waals surface area (Å²) in [4.78, 5) is 22.1. The second-order valence-corrected chi connectivity index (χ2v) is 6.66. The van der Waals surface area contributed by atoms with Gasteiger partial charge in [-0.25, -0.2) is 0 Å². The first kappa shape index (κ1) is 15.0. The third kappa shape index (κ3) is 3.13. The second kappa shape index (κ2) is 6.06. The van der Waals surface area contributed by atoms with Crippen LogP contribution in [0.3, 0.4) is 0 Å². The number of rotatable bonds is 6. The van der Waals surface area contributed by atoms with Crippen molar-refractivity contribution in [2.24, 2.45) is 17.8 Å². The van der Waals surface area contributed by atoms with Crippen molar-refractivity contribution < 1.29 is 9.72 Å². The molecule has 0 aliphatic heterocycles. The summed E-state index contributed by atoms with van der Waals surface area (Å²) in [5.74, 6) is 2.27. The van der Waals surface area contributed by atoms with E-state index in [1.54, 1.807) is 0 Å². The molecule has 2 bridgehead atoms. The van der Waals surface area contributed by atoms with E-state index in [9.17, 15) is 14.9 Å². The summed E-state index contributed by atoms with van der Waals surface area (Å²) >= 11 is 0. The monoisotopic (exact) mass is 306 g/mol. The van der Waals surface area contributed by atoms with Crippen LogP contribution in [0.25, 0.3) is 0 Å². The number of nitrogens with one attached hydrogen (secondary N) is 1. The molecular formula is C15H22N4O3. The number of nitro groups is 1. The van der Waals surface area contributed by atoms with E-state index >= 15 is 0 Å². The Bertz CT molecular complexity index is 571. The molecule has 3 rings (SSSR count). The molecule has 2 aliphatic rings. The van der Waals surface area contributed by atoms with E-state index in [0.29, 0.717) is 18.9 Å². The van der Waals surface area contributed by atoms with Gasteiger partial charge in [-0.3, -0.25) is 19.6 Å². The first-order valence-electron chi connectivity index (χ1n) is 7.99. The molecule has 0 spiro atoms. The summed E-state index contributed by atoms with van der Waals surface area (Å²) in [6.45, 7) is 2.46. The van der Waals surface area contributed by atoms with Crippen molar-refractivity contribution in [3.63, 3.8) is 0 Å². The van der Waals surface area contributed by atoms with Crippen molar-refractivity contribution in [3.05, 3.63) is 22.5 Å². The highest BCUT2D eigenvalue weighted by Crippen LogP contribution is 2.49. The van der Waals surface area contributed by atoms with E-state index in [1.165, 1.54) is 42.8 Å². The van der Waals surface area contributed by atoms with Crippen LogP contribution in [-0.4, -0.2) is 26.7 Å². The smallest absolute Gasteiger partial charge is 0.306 e. The predicted molar refractivity (Wildman–Crippen MR) is 80.0 cm³/mol. The van der Waals surface area contributed by atoms with Crippen molar-refractivity contribution in [2.75, 3.05) is 0 Å². The zero-order valence-corrected chi connectivity index (χ0v) is 12.8. The molecule has 1 amide bonds. The molecule has 1 aromatic heterocycles. The van der Waals surface area contributed by atoms with Gasteiger partial charge in [0.25, 0.3) is 0 Å². The van der Waals surface area contributed by atoms with Crippen LogP contribution in [0, 0.1) is 27.9 Å². The molecule has 1 heterocycles. The molecular weight excluding hydrogens is 284 g/mol. The van der Waals surface area contributed by atoms with Gasteiger partial charge in [-0.1, -0.05) is 6.42 Å². The summed E-state index contributed by atoms with van der Waals surface area (Å²) in [5.41, 5.74) is -0.0456. The maximum Gasteiger partial charge on any atom is 0.306 e. The predicted octanol–water partition coefficient (Wildman–Crippen LogP) is 2.12. The minimum Gasteiger partial charge on any atom is -0.353 e. The van der Waals surface area contributed by atoms with Gasteiger partial charge in [0.2, 0.25) is 5.91 Å². The van der Waals surface area contributed by atoms with Gasteiger partial charge in [0.05, 0.1) is 4.92 Å². The average Bonchev–Trinajstić information content (AvgIpc) is 3.20. The van der Waals surface area contributed by atoms with E-state index in [4.69, 9.17) is 0 Å². The molecule has 1 N–H and O–H groups in total. The number of nitrogens with zero attached hydrogens (tertiary/aromatic N) is 3. The van der Waals surface area contributed by atoms with Gasteiger partial charge in [0.1, 0.15) is 12.4 Å². The minimum atomic E-state index is -0.485. The van der Waals surface area contributed by atoms with E-state index in [0.717, 1.165) is 11.8 Å². The summed E-state index contributed by atoms with van der Waals surface area (Å²) < 4.78 is 1.44. The molecule has 22 heavy (non-hydrogen) atoms. The lowest BCUT2D eigenvalue weighted by atomic mass is 9.84. The fourth-order valence-corrected chi connectivity index (χ4v) is 4.12. The summed E-state index contributed by atoms with van der Waals surface area (Å²) in [5, 5.41) is 17.6. The molecule has 0 saturated heterocycles. The van der Waals surface area contributed by atoms with Gasteiger partial charge in [0, 0.05) is 19.0 Å². The number of aryl methyl sites for hydroxylation is 1. The largest absolute Gasteiger partial charge is 0.353 e. The Balaban J connectivity index is 1.45. The quantitative estimate of drug-likeness (QED) is 0.644. The highest BCUT2D eigenvalue weighted by Gasteiger charge is 2.42. The molecule has 2 fully saturated rings. The topological polar surface area (TPSA) is 90.1 Å². The van der Waals surface area contributed by atoms with Crippen LogP contribution in [0.15, 0.2) is 12.4 Å². The van der Waals surface area contributed by atoms with Gasteiger partial charge in [-0.15, -0.1) is 0 Å². The number of fused-ring (bicyclic) bond motifs is 2. The van der Waals surface area contributed by atoms with Crippen molar-refractivity contribution in [3.8, 4) is 0 Å². The van der Waals surface area contributed by atoms with Gasteiger partial charge in [-0.2, -0.15) is 5.10 Å². The van der Waals surface area contributed by atoms with Gasteiger partial charge < -0.3 is 5.32 Å². The van der Waals surface area contributed by atoms with Gasteiger partial charge >= 0.3 is 5.69 Å². The Hall–Kier alpha value is -1.92. The van der Waals surface area contributed by atoms with E-state index < -0.39 is 4.92 Å². The Morgan fingerprint density at radius 3 is 2.95 bits per heavy atom. The normalized spacial score (nSPS) is 27.8. The molecule has 7 heteroatoms. The molecule has 0 aromatic carbocycles. The number of aromatic nitrogens is 2. The lowest BCUT2D eigenvalue weighted by Gasteiger charge is -2.28. The van der Waals surface area contributed by atoms with E-state index in [2.05, 4.69) is 17.3 Å². The SMILES string of the molecule is C[C@H](NC(=O)CCn1cc([N+](=O)[O-])cn1)[C@@H]1C[C@@H]2CC[C@@H]1C2. The number of hydrogen-bond acceptors (Lipinski definition) is 4. The number of carbonyl (C=O) groups is 1. The third-order valence-electron chi connectivity index (χ3n) is 5.22. The van der Waals surface area contributed by atoms with Crippen LogP contribution < -0.4 is 5.32 Å². The molecule has 1 aromatic rings. The van der Waals surface area contributed by atoms with Gasteiger partial charge in [-0.05, 0) is 43.9 Å². The van der Waals surface area contributed by atoms with E-state index in [1.807, 2.05) is 0 Å². The number of hydrogen-bond donors (Lipinski definition) is 1. The maximum atomic E-state index is 12.0. The first-order valence-corrected chi connectivity index (χ1v) is 7.99. The molecule has 120 valence electrons. The van der Waals surface area contributed by atoms with Crippen molar-refractivity contribution in [2.45, 2.75) is 51.6 Å². The van der Waals surface area contributed by atoms with Crippen LogP contribution >= 0.6 is 0 Å². The summed E-state index contributed by atoms with van der Waals surface area (Å²) in [6, 6.07) is 0.217. The fraction of sp³-hybridized carbons (Fsp3) is 0.733. The van der Waals surface area contributed by atoms with Crippen molar-refractivity contribution >= 4 is 11.6 Å². The number of amides is 1. The third-order valence-corrected chi connectivity index (χ3v) is 5.22. The zero-order chi connectivity index (χ0) is 15.7. The lowest BCUT2D eigenvalue weighted by Crippen LogP contribution is -2.40. The van der Waals surface area contributed by atoms with Crippen LogP contribution in [0.2, 0.25) is 0 Å². The molecule has 0 unspecified atom stereocenters. The first-order chi connectivity index (χ1) is 10.5. The fourth-order valence-electron chi connectivity index (χ4n) is 4.12. The van der Waals surface area contributed by atoms with Crippen LogP contribution in [0.5, 0.6) is 0 Å². The minimum absolute atomic E-state index is 0.00609. The molecule has 0 radical (unpaired) electrons. The second-order valence-electron chi connectivity index (χ2n) is 6.66. The lowest BCUT2D eigenvalue weighted by molar-refractivity contribution is -0.385. The van der Waals surface area contributed by atoms with Crippen LogP contribution in [0.4, 0.5) is 5.69 Å². The maximum absolute atomic E-state index is 12.0. The van der Waals surface area contributed by atoms with Gasteiger partial charge in [0.15, 0.2) is 0 Å². The summed E-state index contributed by atoms with van der Waals surface area (Å²) in [7, 11) is 0. The highest BCUT2D eigenvalue weighted by molar-refractivity contribution is 5.76. The van der Waals surface area contributed by atoms with Crippen LogP contribution in [-0.2, 0) is 11.3 Å².